The third-order valence-electron chi connectivity index (χ3n) is 0.918. The molecule has 0 spiro atoms. The number of rotatable bonds is 1. The molecule has 10 heavy (non-hydrogen) atoms. The van der Waals surface area contributed by atoms with Crippen molar-refractivity contribution in [2.75, 3.05) is 0 Å². The molecular weight excluding hydrogens is 132 g/mol. The van der Waals surface area contributed by atoms with Crippen molar-refractivity contribution in [1.82, 2.24) is 9.97 Å². The summed E-state index contributed by atoms with van der Waals surface area (Å²) in [5, 5.41) is 13.5. The summed E-state index contributed by atoms with van der Waals surface area (Å²) in [6.07, 6.45) is 4.34. The molecule has 3 N–H and O–H groups in total. The van der Waals surface area contributed by atoms with Gasteiger partial charge in [-0.2, -0.15) is 5.48 Å². The Kier molecular flexibility index (Phi) is 1.91. The fraction of sp³-hybridized carbons (Fsp3) is 0. The van der Waals surface area contributed by atoms with Crippen LogP contribution in [0.15, 0.2) is 18.6 Å². The van der Waals surface area contributed by atoms with E-state index in [1.807, 2.05) is 0 Å². The third-order valence-corrected chi connectivity index (χ3v) is 0.918. The monoisotopic (exact) mass is 138 g/mol. The van der Waals surface area contributed by atoms with Crippen molar-refractivity contribution in [3.63, 3.8) is 0 Å². The summed E-state index contributed by atoms with van der Waals surface area (Å²) in [6.45, 7) is 0. The van der Waals surface area contributed by atoms with Crippen molar-refractivity contribution in [3.8, 4) is 0 Å². The Labute approximate surface area is 57.2 Å². The molecule has 0 bridgehead atoms. The molecule has 0 aliphatic rings. The Balaban J connectivity index is 2.85. The second-order valence-corrected chi connectivity index (χ2v) is 1.55. The number of hydroxylamine groups is 1. The number of nitrogens with zero attached hydrogens (tertiary/aromatic N) is 3. The van der Waals surface area contributed by atoms with Crippen LogP contribution in [-0.4, -0.2) is 21.0 Å². The van der Waals surface area contributed by atoms with Gasteiger partial charge in [0.05, 0.1) is 11.9 Å². The zero-order chi connectivity index (χ0) is 7.40. The van der Waals surface area contributed by atoms with E-state index in [4.69, 9.17) is 10.6 Å². The maximum atomic E-state index is 7.02. The van der Waals surface area contributed by atoms with Gasteiger partial charge in [0.25, 0.3) is 0 Å². The average molecular weight is 138 g/mol. The summed E-state index contributed by atoms with van der Waals surface area (Å²) in [6, 6.07) is 0. The van der Waals surface area contributed by atoms with Crippen molar-refractivity contribution in [2.24, 2.45) is 0 Å². The van der Waals surface area contributed by atoms with Gasteiger partial charge in [0.2, 0.25) is 0 Å². The van der Waals surface area contributed by atoms with Crippen LogP contribution in [0.2, 0.25) is 0 Å². The zero-order valence-corrected chi connectivity index (χ0v) is 5.07. The molecule has 1 aromatic heterocycles. The minimum Gasteiger partial charge on any atom is -0.475 e. The van der Waals surface area contributed by atoms with Gasteiger partial charge in [-0.1, -0.05) is 0 Å². The van der Waals surface area contributed by atoms with Crippen LogP contribution in [0, 0.1) is 5.41 Å². The first-order valence-electron chi connectivity index (χ1n) is 2.57. The molecule has 0 radical (unpaired) electrons. The highest BCUT2D eigenvalue weighted by Crippen LogP contribution is 1.94. The first-order valence-corrected chi connectivity index (χ1v) is 2.57. The number of nitrogens with one attached hydrogen (secondary N) is 1. The van der Waals surface area contributed by atoms with E-state index in [-0.39, 0.29) is 5.84 Å². The van der Waals surface area contributed by atoms with Crippen LogP contribution in [0.5, 0.6) is 0 Å². The van der Waals surface area contributed by atoms with E-state index in [2.05, 4.69) is 15.4 Å². The minimum absolute atomic E-state index is 0.173. The minimum atomic E-state index is -0.173. The Hall–Kier alpha value is -1.49. The van der Waals surface area contributed by atoms with Crippen LogP contribution in [0.3, 0.4) is 0 Å². The van der Waals surface area contributed by atoms with E-state index in [9.17, 15) is 0 Å². The second-order valence-electron chi connectivity index (χ2n) is 1.55. The summed E-state index contributed by atoms with van der Waals surface area (Å²) < 4.78 is 0. The van der Waals surface area contributed by atoms with E-state index in [0.717, 1.165) is 0 Å². The molecule has 1 heterocycles. The Morgan fingerprint density at radius 1 is 1.60 bits per heavy atom. The van der Waals surface area contributed by atoms with E-state index >= 15 is 0 Å². The van der Waals surface area contributed by atoms with Gasteiger partial charge in [-0.3, -0.25) is 9.97 Å². The fourth-order valence-electron chi connectivity index (χ4n) is 0.479. The molecular formula is C5H6N4O. The summed E-state index contributed by atoms with van der Waals surface area (Å²) in [4.78, 5) is 7.46. The molecule has 0 aliphatic carbocycles. The highest BCUT2D eigenvalue weighted by atomic mass is 16.5. The van der Waals surface area contributed by atoms with Gasteiger partial charge in [0.1, 0.15) is 0 Å². The van der Waals surface area contributed by atoms with Crippen molar-refractivity contribution >= 4 is 5.84 Å². The van der Waals surface area contributed by atoms with Gasteiger partial charge in [-0.15, -0.1) is 0 Å². The lowest BCUT2D eigenvalue weighted by molar-refractivity contribution is 0.446. The van der Waals surface area contributed by atoms with Gasteiger partial charge >= 0.3 is 0 Å². The molecule has 52 valence electrons. The van der Waals surface area contributed by atoms with Gasteiger partial charge in [0.15, 0.2) is 0 Å². The standard InChI is InChI=1S/C5H6N4O/c6-5(9-10)4-3-7-1-2-8-4/h1-3H,10H2,(H-,6,9). The summed E-state index contributed by atoms with van der Waals surface area (Å²) in [7, 11) is 0. The largest absolute Gasteiger partial charge is 0.475 e. The maximum absolute atomic E-state index is 7.02. The van der Waals surface area contributed by atoms with Crippen molar-refractivity contribution in [2.45, 2.75) is 0 Å². The summed E-state index contributed by atoms with van der Waals surface area (Å²) in [5.74, 6) is -0.173. The van der Waals surface area contributed by atoms with Gasteiger partial charge in [-0.25, -0.2) is 0 Å². The summed E-state index contributed by atoms with van der Waals surface area (Å²) in [5.41, 5.74) is 3.21. The lowest BCUT2D eigenvalue weighted by Crippen LogP contribution is -1.99. The Bertz CT molecular complexity index is 222. The van der Waals surface area contributed by atoms with E-state index in [1.54, 1.807) is 0 Å². The molecule has 0 saturated carbocycles. The topological polar surface area (TPSA) is 86.6 Å². The molecule has 0 atom stereocenters. The predicted octanol–water partition coefficient (Wildman–Crippen LogP) is -0.185. The smallest absolute Gasteiger partial charge is 0.0862 e. The lowest BCUT2D eigenvalue weighted by Gasteiger charge is -2.01. The molecule has 5 nitrogen and oxygen atoms in total. The molecule has 0 aromatic carbocycles. The molecule has 0 saturated heterocycles. The highest BCUT2D eigenvalue weighted by molar-refractivity contribution is 6.02. The zero-order valence-electron chi connectivity index (χ0n) is 5.07. The lowest BCUT2D eigenvalue weighted by atomic mass is 10.4. The average Bonchev–Trinajstić information content (AvgIpc) is 2.05. The highest BCUT2D eigenvalue weighted by Gasteiger charge is 1.92. The van der Waals surface area contributed by atoms with Crippen LogP contribution < -0.4 is 0 Å². The van der Waals surface area contributed by atoms with E-state index < -0.39 is 0 Å². The SMILES string of the molecule is N=C([N-][OH2+])c1cnccn1. The molecule has 0 aliphatic heterocycles. The van der Waals surface area contributed by atoms with Crippen molar-refractivity contribution in [1.29, 1.82) is 5.41 Å². The van der Waals surface area contributed by atoms with Crippen LogP contribution in [-0.2, 0) is 0 Å². The van der Waals surface area contributed by atoms with E-state index in [1.165, 1.54) is 18.6 Å². The first kappa shape index (κ1) is 6.63. The third kappa shape index (κ3) is 1.26. The molecule has 0 fully saturated rings. The van der Waals surface area contributed by atoms with Crippen LogP contribution in [0.1, 0.15) is 5.69 Å². The molecule has 1 aromatic rings. The van der Waals surface area contributed by atoms with Gasteiger partial charge in [0, 0.05) is 18.2 Å². The van der Waals surface area contributed by atoms with Crippen LogP contribution in [0.25, 0.3) is 5.48 Å². The molecule has 0 amide bonds. The number of hydrogen-bond acceptors (Lipinski definition) is 3. The first-order chi connectivity index (χ1) is 4.84. The quantitative estimate of drug-likeness (QED) is 0.252. The van der Waals surface area contributed by atoms with Crippen molar-refractivity contribution in [3.05, 3.63) is 29.8 Å². The van der Waals surface area contributed by atoms with E-state index in [0.29, 0.717) is 5.69 Å². The molecule has 5 heteroatoms. The van der Waals surface area contributed by atoms with Crippen LogP contribution in [0.4, 0.5) is 0 Å². The maximum Gasteiger partial charge on any atom is 0.0862 e. The Morgan fingerprint density at radius 3 is 2.90 bits per heavy atom. The Morgan fingerprint density at radius 2 is 2.40 bits per heavy atom. The number of hydrogen-bond donors (Lipinski definition) is 1. The predicted molar refractivity (Wildman–Crippen MR) is 35.8 cm³/mol. The summed E-state index contributed by atoms with van der Waals surface area (Å²) >= 11 is 0. The normalized spacial score (nSPS) is 8.90. The van der Waals surface area contributed by atoms with Crippen molar-refractivity contribution < 1.29 is 5.21 Å². The number of aromatic nitrogens is 2. The second kappa shape index (κ2) is 2.88. The fourth-order valence-corrected chi connectivity index (χ4v) is 0.479. The molecule has 0 unspecified atom stereocenters. The molecule has 1 rings (SSSR count). The van der Waals surface area contributed by atoms with Gasteiger partial charge in [-0.05, 0) is 0 Å². The van der Waals surface area contributed by atoms with Crippen LogP contribution >= 0.6 is 0 Å². The van der Waals surface area contributed by atoms with Gasteiger partial charge < -0.3 is 10.6 Å². The number of amidine groups is 1.